The first-order chi connectivity index (χ1) is 12.1. The van der Waals surface area contributed by atoms with Crippen molar-refractivity contribution in [3.63, 3.8) is 0 Å². The number of benzene rings is 2. The van der Waals surface area contributed by atoms with E-state index in [9.17, 15) is 0 Å². The van der Waals surface area contributed by atoms with Crippen molar-refractivity contribution in [2.45, 2.75) is 19.6 Å². The summed E-state index contributed by atoms with van der Waals surface area (Å²) in [6, 6.07) is 11.6. The first kappa shape index (κ1) is 20.0. The highest BCUT2D eigenvalue weighted by Gasteiger charge is 2.12. The lowest BCUT2D eigenvalue weighted by molar-refractivity contribution is 0.194. The van der Waals surface area contributed by atoms with Gasteiger partial charge in [0.25, 0.3) is 0 Å². The third kappa shape index (κ3) is 6.51. The zero-order chi connectivity index (χ0) is 18.1. The van der Waals surface area contributed by atoms with Crippen LogP contribution in [0.3, 0.4) is 0 Å². The van der Waals surface area contributed by atoms with Gasteiger partial charge in [-0.3, -0.25) is 0 Å². The molecule has 0 aliphatic carbocycles. The molecule has 4 nitrogen and oxygen atoms in total. The van der Waals surface area contributed by atoms with Gasteiger partial charge in [-0.25, -0.2) is 0 Å². The first-order valence-electron chi connectivity index (χ1n) is 8.07. The van der Waals surface area contributed by atoms with E-state index in [4.69, 9.17) is 25.8 Å². The molecule has 0 aromatic heterocycles. The lowest BCUT2D eigenvalue weighted by Crippen LogP contribution is -2.16. The van der Waals surface area contributed by atoms with Gasteiger partial charge in [-0.05, 0) is 64.3 Å². The standard InChI is InChI=1S/C19H23BrClNO3/c1-23-8-4-7-22-12-15-10-17(20)19(18(11-15)24-2)25-13-14-5-3-6-16(21)9-14/h3,5-6,9-11,22H,4,7-8,12-13H2,1-2H3. The second-order valence-electron chi connectivity index (χ2n) is 5.55. The van der Waals surface area contributed by atoms with Crippen LogP contribution in [-0.2, 0) is 17.9 Å². The molecule has 25 heavy (non-hydrogen) atoms. The van der Waals surface area contributed by atoms with Crippen LogP contribution >= 0.6 is 27.5 Å². The second kappa shape index (κ2) is 10.7. The third-order valence-electron chi connectivity index (χ3n) is 3.59. The molecule has 0 radical (unpaired) electrons. The number of hydrogen-bond donors (Lipinski definition) is 1. The summed E-state index contributed by atoms with van der Waals surface area (Å²) >= 11 is 9.59. The van der Waals surface area contributed by atoms with E-state index < -0.39 is 0 Å². The van der Waals surface area contributed by atoms with Crippen LogP contribution in [0.1, 0.15) is 17.5 Å². The summed E-state index contributed by atoms with van der Waals surface area (Å²) in [6.07, 6.45) is 0.982. The molecule has 0 spiro atoms. The van der Waals surface area contributed by atoms with Crippen LogP contribution in [0.5, 0.6) is 11.5 Å². The maximum absolute atomic E-state index is 6.01. The number of halogens is 2. The lowest BCUT2D eigenvalue weighted by atomic mass is 10.2. The Morgan fingerprint density at radius 2 is 1.96 bits per heavy atom. The Kier molecular flexibility index (Phi) is 8.55. The molecule has 2 aromatic rings. The highest BCUT2D eigenvalue weighted by Crippen LogP contribution is 2.37. The Balaban J connectivity index is 2.00. The Labute approximate surface area is 162 Å². The summed E-state index contributed by atoms with van der Waals surface area (Å²) in [5, 5.41) is 4.08. The van der Waals surface area contributed by atoms with Crippen molar-refractivity contribution in [1.82, 2.24) is 5.32 Å². The molecule has 0 heterocycles. The Hall–Kier alpha value is -1.27. The van der Waals surface area contributed by atoms with Gasteiger partial charge in [-0.2, -0.15) is 0 Å². The van der Waals surface area contributed by atoms with Gasteiger partial charge < -0.3 is 19.5 Å². The van der Waals surface area contributed by atoms with E-state index in [0.29, 0.717) is 23.1 Å². The largest absolute Gasteiger partial charge is 0.493 e. The van der Waals surface area contributed by atoms with Crippen molar-refractivity contribution in [3.05, 3.63) is 57.0 Å². The fourth-order valence-electron chi connectivity index (χ4n) is 2.37. The van der Waals surface area contributed by atoms with Gasteiger partial charge in [0.2, 0.25) is 0 Å². The van der Waals surface area contributed by atoms with Crippen LogP contribution in [-0.4, -0.2) is 27.4 Å². The van der Waals surface area contributed by atoms with Crippen LogP contribution in [0.15, 0.2) is 40.9 Å². The van der Waals surface area contributed by atoms with Gasteiger partial charge in [0.1, 0.15) is 6.61 Å². The van der Waals surface area contributed by atoms with Crippen molar-refractivity contribution in [2.75, 3.05) is 27.4 Å². The van der Waals surface area contributed by atoms with Gasteiger partial charge >= 0.3 is 0 Å². The third-order valence-corrected chi connectivity index (χ3v) is 4.42. The Morgan fingerprint density at radius 3 is 2.68 bits per heavy atom. The van der Waals surface area contributed by atoms with Crippen molar-refractivity contribution >= 4 is 27.5 Å². The maximum atomic E-state index is 6.01. The molecule has 0 saturated carbocycles. The minimum absolute atomic E-state index is 0.421. The van der Waals surface area contributed by atoms with Gasteiger partial charge in [0, 0.05) is 25.3 Å². The van der Waals surface area contributed by atoms with Gasteiger partial charge in [0.15, 0.2) is 11.5 Å². The molecule has 2 aromatic carbocycles. The van der Waals surface area contributed by atoms with E-state index in [-0.39, 0.29) is 0 Å². The van der Waals surface area contributed by atoms with Crippen LogP contribution in [0.2, 0.25) is 5.02 Å². The molecule has 0 aliphatic rings. The number of methoxy groups -OCH3 is 2. The summed E-state index contributed by atoms with van der Waals surface area (Å²) in [7, 11) is 3.36. The van der Waals surface area contributed by atoms with E-state index in [1.54, 1.807) is 14.2 Å². The van der Waals surface area contributed by atoms with Crippen molar-refractivity contribution in [3.8, 4) is 11.5 Å². The van der Waals surface area contributed by atoms with Crippen LogP contribution in [0.4, 0.5) is 0 Å². The minimum Gasteiger partial charge on any atom is -0.493 e. The average molecular weight is 429 g/mol. The molecular weight excluding hydrogens is 406 g/mol. The summed E-state index contributed by atoms with van der Waals surface area (Å²) in [6.45, 7) is 2.84. The minimum atomic E-state index is 0.421. The van der Waals surface area contributed by atoms with Gasteiger partial charge in [0.05, 0.1) is 11.6 Å². The molecular formula is C19H23BrClNO3. The summed E-state index contributed by atoms with van der Waals surface area (Å²) < 4.78 is 17.3. The zero-order valence-corrected chi connectivity index (χ0v) is 16.8. The van der Waals surface area contributed by atoms with Crippen molar-refractivity contribution in [1.29, 1.82) is 0 Å². The first-order valence-corrected chi connectivity index (χ1v) is 9.24. The fraction of sp³-hybridized carbons (Fsp3) is 0.368. The quantitative estimate of drug-likeness (QED) is 0.551. The molecule has 0 unspecified atom stereocenters. The Morgan fingerprint density at radius 1 is 1.12 bits per heavy atom. The molecule has 0 atom stereocenters. The Bertz CT molecular complexity index is 682. The summed E-state index contributed by atoms with van der Waals surface area (Å²) in [4.78, 5) is 0. The molecule has 0 saturated heterocycles. The molecule has 1 N–H and O–H groups in total. The van der Waals surface area contributed by atoms with Crippen LogP contribution in [0.25, 0.3) is 0 Å². The van der Waals surface area contributed by atoms with E-state index in [1.165, 1.54) is 0 Å². The molecule has 0 bridgehead atoms. The van der Waals surface area contributed by atoms with E-state index >= 15 is 0 Å². The van der Waals surface area contributed by atoms with Crippen molar-refractivity contribution < 1.29 is 14.2 Å². The highest BCUT2D eigenvalue weighted by atomic mass is 79.9. The normalized spacial score (nSPS) is 10.7. The number of nitrogens with one attached hydrogen (secondary N) is 1. The topological polar surface area (TPSA) is 39.7 Å². The smallest absolute Gasteiger partial charge is 0.175 e. The zero-order valence-electron chi connectivity index (χ0n) is 14.5. The van der Waals surface area contributed by atoms with Crippen molar-refractivity contribution in [2.24, 2.45) is 0 Å². The monoisotopic (exact) mass is 427 g/mol. The SMILES string of the molecule is COCCCNCc1cc(Br)c(OCc2cccc(Cl)c2)c(OC)c1. The van der Waals surface area contributed by atoms with Crippen LogP contribution < -0.4 is 14.8 Å². The molecule has 0 amide bonds. The number of ether oxygens (including phenoxy) is 3. The van der Waals surface area contributed by atoms with Crippen LogP contribution in [0, 0.1) is 0 Å². The number of rotatable bonds is 10. The fourth-order valence-corrected chi connectivity index (χ4v) is 3.19. The van der Waals surface area contributed by atoms with E-state index in [2.05, 4.69) is 21.2 Å². The van der Waals surface area contributed by atoms with Gasteiger partial charge in [-0.1, -0.05) is 23.7 Å². The maximum Gasteiger partial charge on any atom is 0.175 e. The summed E-state index contributed by atoms with van der Waals surface area (Å²) in [5.41, 5.74) is 2.13. The highest BCUT2D eigenvalue weighted by molar-refractivity contribution is 9.10. The van der Waals surface area contributed by atoms with E-state index in [1.807, 2.05) is 36.4 Å². The molecule has 6 heteroatoms. The van der Waals surface area contributed by atoms with E-state index in [0.717, 1.165) is 41.7 Å². The molecule has 0 fully saturated rings. The lowest BCUT2D eigenvalue weighted by Gasteiger charge is -2.15. The summed E-state index contributed by atoms with van der Waals surface area (Å²) in [5.74, 6) is 1.38. The number of hydrogen-bond acceptors (Lipinski definition) is 4. The van der Waals surface area contributed by atoms with Gasteiger partial charge in [-0.15, -0.1) is 0 Å². The molecule has 136 valence electrons. The predicted molar refractivity (Wildman–Crippen MR) is 105 cm³/mol. The predicted octanol–water partition coefficient (Wildman–Crippen LogP) is 4.82. The molecule has 2 rings (SSSR count). The average Bonchev–Trinajstić information content (AvgIpc) is 2.60. The molecule has 0 aliphatic heterocycles. The second-order valence-corrected chi connectivity index (χ2v) is 6.84.